The molecule has 29 heavy (non-hydrogen) atoms. The van der Waals surface area contributed by atoms with E-state index in [4.69, 9.17) is 0 Å². The molecule has 0 unspecified atom stereocenters. The first-order valence-electron chi connectivity index (χ1n) is 9.89. The molecule has 0 bridgehead atoms. The van der Waals surface area contributed by atoms with Crippen LogP contribution in [0.5, 0.6) is 0 Å². The molecule has 1 amide bonds. The maximum absolute atomic E-state index is 13.0. The zero-order valence-corrected chi connectivity index (χ0v) is 17.5. The second-order valence-corrected chi connectivity index (χ2v) is 9.48. The maximum atomic E-state index is 13.0. The number of carbonyl (C=O) groups excluding carboxylic acids is 1. The molecular formula is C22H27FN2O3S. The minimum absolute atomic E-state index is 0.0400. The van der Waals surface area contributed by atoms with Crippen molar-refractivity contribution in [3.63, 3.8) is 0 Å². The zero-order chi connectivity index (χ0) is 21.0. The minimum atomic E-state index is -3.56. The Bertz CT molecular complexity index is 952. The quantitative estimate of drug-likeness (QED) is 0.748. The van der Waals surface area contributed by atoms with Gasteiger partial charge in [0.25, 0.3) is 0 Å². The van der Waals surface area contributed by atoms with Gasteiger partial charge in [-0.05, 0) is 74.9 Å². The monoisotopic (exact) mass is 418 g/mol. The smallest absolute Gasteiger partial charge is 0.240 e. The van der Waals surface area contributed by atoms with Crippen LogP contribution in [0, 0.1) is 18.7 Å². The lowest BCUT2D eigenvalue weighted by Gasteiger charge is -2.29. The van der Waals surface area contributed by atoms with Crippen LogP contribution in [0.15, 0.2) is 53.4 Å². The number of benzene rings is 2. The van der Waals surface area contributed by atoms with Crippen molar-refractivity contribution in [2.45, 2.75) is 56.5 Å². The molecule has 2 N–H and O–H groups in total. The van der Waals surface area contributed by atoms with Gasteiger partial charge in [0, 0.05) is 12.0 Å². The third-order valence-corrected chi connectivity index (χ3v) is 6.97. The maximum Gasteiger partial charge on any atom is 0.240 e. The Balaban J connectivity index is 1.52. The van der Waals surface area contributed by atoms with Crippen molar-refractivity contribution in [1.82, 2.24) is 10.0 Å². The molecule has 1 saturated carbocycles. The van der Waals surface area contributed by atoms with E-state index in [9.17, 15) is 17.6 Å². The van der Waals surface area contributed by atoms with E-state index in [0.29, 0.717) is 25.7 Å². The van der Waals surface area contributed by atoms with Crippen LogP contribution in [-0.4, -0.2) is 20.4 Å². The number of amides is 1. The summed E-state index contributed by atoms with van der Waals surface area (Å²) in [5.74, 6) is -0.488. The fraction of sp³-hybridized carbons (Fsp3) is 0.409. The number of hydrogen-bond acceptors (Lipinski definition) is 3. The third-order valence-electron chi connectivity index (χ3n) is 5.45. The Morgan fingerprint density at radius 2 is 1.72 bits per heavy atom. The van der Waals surface area contributed by atoms with Crippen molar-refractivity contribution in [2.75, 3.05) is 0 Å². The van der Waals surface area contributed by atoms with Gasteiger partial charge in [0.15, 0.2) is 0 Å². The lowest BCUT2D eigenvalue weighted by molar-refractivity contribution is -0.126. The summed E-state index contributed by atoms with van der Waals surface area (Å²) in [6, 6.07) is 12.5. The van der Waals surface area contributed by atoms with Crippen LogP contribution in [0.3, 0.4) is 0 Å². The lowest BCUT2D eigenvalue weighted by Crippen LogP contribution is -2.41. The molecule has 1 fully saturated rings. The summed E-state index contributed by atoms with van der Waals surface area (Å²) in [5.41, 5.74) is 1.74. The van der Waals surface area contributed by atoms with E-state index in [-0.39, 0.29) is 34.6 Å². The molecule has 2 aromatic carbocycles. The van der Waals surface area contributed by atoms with Crippen LogP contribution in [0.25, 0.3) is 0 Å². The summed E-state index contributed by atoms with van der Waals surface area (Å²) < 4.78 is 41.0. The number of carbonyl (C=O) groups is 1. The van der Waals surface area contributed by atoms with Crippen LogP contribution in [0.4, 0.5) is 4.39 Å². The molecule has 1 aliphatic rings. The molecule has 0 spiro atoms. The van der Waals surface area contributed by atoms with Gasteiger partial charge in [-0.1, -0.05) is 24.3 Å². The Hall–Kier alpha value is -2.25. The van der Waals surface area contributed by atoms with Gasteiger partial charge in [0.2, 0.25) is 15.9 Å². The predicted octanol–water partition coefficient (Wildman–Crippen LogP) is 3.85. The summed E-state index contributed by atoms with van der Waals surface area (Å²) in [5, 5.41) is 2.98. The van der Waals surface area contributed by atoms with Crippen molar-refractivity contribution in [1.29, 1.82) is 0 Å². The number of nitrogens with one attached hydrogen (secondary N) is 2. The van der Waals surface area contributed by atoms with Gasteiger partial charge in [-0.15, -0.1) is 0 Å². The topological polar surface area (TPSA) is 75.3 Å². The van der Waals surface area contributed by atoms with Crippen molar-refractivity contribution in [3.8, 4) is 0 Å². The minimum Gasteiger partial charge on any atom is -0.349 e. The second-order valence-electron chi connectivity index (χ2n) is 7.77. The third kappa shape index (κ3) is 5.64. The van der Waals surface area contributed by atoms with Gasteiger partial charge in [-0.3, -0.25) is 4.79 Å². The van der Waals surface area contributed by atoms with Gasteiger partial charge < -0.3 is 5.32 Å². The Kier molecular flexibility index (Phi) is 6.70. The van der Waals surface area contributed by atoms with Crippen LogP contribution < -0.4 is 10.0 Å². The molecular weight excluding hydrogens is 391 g/mol. The first-order valence-corrected chi connectivity index (χ1v) is 11.4. The molecule has 5 nitrogen and oxygen atoms in total. The zero-order valence-electron chi connectivity index (χ0n) is 16.7. The highest BCUT2D eigenvalue weighted by Crippen LogP contribution is 2.27. The standard InChI is InChI=1S/C22H27FN2O3S/c1-15-4-3-5-21(14-15)29(27,28)25-20-12-8-18(9-13-20)22(26)24-16(2)17-6-10-19(23)11-7-17/h3-7,10-11,14,16,18,20,25H,8-9,12-13H2,1-2H3,(H,24,26)/t16-,18?,20?/m1/s1. The summed E-state index contributed by atoms with van der Waals surface area (Å²) in [7, 11) is -3.56. The van der Waals surface area contributed by atoms with Gasteiger partial charge in [-0.25, -0.2) is 17.5 Å². The van der Waals surface area contributed by atoms with E-state index in [2.05, 4.69) is 10.0 Å². The highest BCUT2D eigenvalue weighted by Gasteiger charge is 2.29. The number of sulfonamides is 1. The molecule has 0 aliphatic heterocycles. The van der Waals surface area contributed by atoms with E-state index in [1.54, 1.807) is 30.3 Å². The largest absolute Gasteiger partial charge is 0.349 e. The summed E-state index contributed by atoms with van der Waals surface area (Å²) in [6.45, 7) is 3.72. The van der Waals surface area contributed by atoms with E-state index >= 15 is 0 Å². The summed E-state index contributed by atoms with van der Waals surface area (Å²) >= 11 is 0. The fourth-order valence-corrected chi connectivity index (χ4v) is 5.12. The van der Waals surface area contributed by atoms with Gasteiger partial charge in [0.05, 0.1) is 10.9 Å². The predicted molar refractivity (Wildman–Crippen MR) is 110 cm³/mol. The normalized spacial score (nSPS) is 20.8. The Morgan fingerprint density at radius 3 is 2.34 bits per heavy atom. The highest BCUT2D eigenvalue weighted by molar-refractivity contribution is 7.89. The molecule has 0 radical (unpaired) electrons. The Morgan fingerprint density at radius 1 is 1.07 bits per heavy atom. The molecule has 7 heteroatoms. The van der Waals surface area contributed by atoms with Crippen LogP contribution in [0.1, 0.15) is 49.8 Å². The molecule has 3 rings (SSSR count). The van der Waals surface area contributed by atoms with E-state index in [0.717, 1.165) is 11.1 Å². The molecule has 1 aliphatic carbocycles. The number of rotatable bonds is 6. The number of aryl methyl sites for hydroxylation is 1. The summed E-state index contributed by atoms with van der Waals surface area (Å²) in [6.07, 6.45) is 2.49. The molecule has 2 aromatic rings. The number of hydrogen-bond donors (Lipinski definition) is 2. The average Bonchev–Trinajstić information content (AvgIpc) is 2.68. The highest BCUT2D eigenvalue weighted by atomic mass is 32.2. The molecule has 0 aromatic heterocycles. The average molecular weight is 419 g/mol. The van der Waals surface area contributed by atoms with Crippen molar-refractivity contribution >= 4 is 15.9 Å². The number of halogens is 1. The van der Waals surface area contributed by atoms with E-state index in [1.165, 1.54) is 12.1 Å². The SMILES string of the molecule is Cc1cccc(S(=O)(=O)NC2CCC(C(=O)N[C@H](C)c3ccc(F)cc3)CC2)c1. The van der Waals surface area contributed by atoms with Crippen molar-refractivity contribution < 1.29 is 17.6 Å². The van der Waals surface area contributed by atoms with E-state index in [1.807, 2.05) is 19.9 Å². The van der Waals surface area contributed by atoms with Gasteiger partial charge in [0.1, 0.15) is 5.82 Å². The summed E-state index contributed by atoms with van der Waals surface area (Å²) in [4.78, 5) is 12.8. The first kappa shape index (κ1) is 21.5. The van der Waals surface area contributed by atoms with Crippen LogP contribution >= 0.6 is 0 Å². The lowest BCUT2D eigenvalue weighted by atomic mass is 9.85. The van der Waals surface area contributed by atoms with Crippen LogP contribution in [-0.2, 0) is 14.8 Å². The first-order chi connectivity index (χ1) is 13.7. The molecule has 156 valence electrons. The van der Waals surface area contributed by atoms with Crippen molar-refractivity contribution in [3.05, 3.63) is 65.5 Å². The van der Waals surface area contributed by atoms with E-state index < -0.39 is 10.0 Å². The molecule has 0 heterocycles. The fourth-order valence-electron chi connectivity index (χ4n) is 3.71. The molecule has 0 saturated heterocycles. The van der Waals surface area contributed by atoms with Gasteiger partial charge in [-0.2, -0.15) is 0 Å². The molecule has 1 atom stereocenters. The second kappa shape index (κ2) is 9.05. The van der Waals surface area contributed by atoms with Gasteiger partial charge >= 0.3 is 0 Å². The van der Waals surface area contributed by atoms with Crippen LogP contribution in [0.2, 0.25) is 0 Å². The van der Waals surface area contributed by atoms with Crippen molar-refractivity contribution in [2.24, 2.45) is 5.92 Å². The Labute approximate surface area is 171 Å².